The monoisotopic (exact) mass is 330 g/mol. The standard InChI is InChI=1S/C17H22N4OS/c1-2-14(11-18-5-1)12-21-7-3-17(4-8-21)10-15(13-22-17)20-16-19-6-9-23-16/h1-2,5-6,9,11,15H,3-4,7-8,10,12-13H2,(H,19,20). The first-order valence-electron chi connectivity index (χ1n) is 8.23. The van der Waals surface area contributed by atoms with Gasteiger partial charge >= 0.3 is 0 Å². The SMILES string of the molecule is c1cncc(CN2CCC3(CC2)CC(Nc2nccs2)CO3)c1. The molecule has 0 aromatic carbocycles. The number of rotatable bonds is 4. The first-order valence-corrected chi connectivity index (χ1v) is 9.11. The summed E-state index contributed by atoms with van der Waals surface area (Å²) in [6.07, 6.45) is 8.95. The Labute approximate surface area is 140 Å². The Balaban J connectivity index is 1.29. The van der Waals surface area contributed by atoms with Gasteiger partial charge in [0.1, 0.15) is 0 Å². The van der Waals surface area contributed by atoms with E-state index in [0.717, 1.165) is 50.6 Å². The summed E-state index contributed by atoms with van der Waals surface area (Å²) in [4.78, 5) is 11.0. The fraction of sp³-hybridized carbons (Fsp3) is 0.529. The molecule has 1 unspecified atom stereocenters. The van der Waals surface area contributed by atoms with Crippen LogP contribution in [0.3, 0.4) is 0 Å². The minimum atomic E-state index is 0.0698. The second-order valence-electron chi connectivity index (χ2n) is 6.51. The number of piperidine rings is 1. The minimum absolute atomic E-state index is 0.0698. The second kappa shape index (κ2) is 6.55. The van der Waals surface area contributed by atoms with Gasteiger partial charge < -0.3 is 10.1 Å². The lowest BCUT2D eigenvalue weighted by molar-refractivity contribution is -0.0448. The Morgan fingerprint density at radius 2 is 2.26 bits per heavy atom. The third kappa shape index (κ3) is 3.54. The molecule has 6 heteroatoms. The molecular formula is C17H22N4OS. The van der Waals surface area contributed by atoms with Crippen LogP contribution in [-0.4, -0.2) is 46.2 Å². The van der Waals surface area contributed by atoms with E-state index >= 15 is 0 Å². The fourth-order valence-corrected chi connectivity index (χ4v) is 4.23. The number of nitrogens with one attached hydrogen (secondary N) is 1. The van der Waals surface area contributed by atoms with Crippen LogP contribution >= 0.6 is 11.3 Å². The molecule has 2 aliphatic heterocycles. The molecule has 0 radical (unpaired) electrons. The largest absolute Gasteiger partial charge is 0.373 e. The van der Waals surface area contributed by atoms with Crippen molar-refractivity contribution < 1.29 is 4.74 Å². The first kappa shape index (κ1) is 15.1. The highest BCUT2D eigenvalue weighted by Gasteiger charge is 2.42. The Morgan fingerprint density at radius 1 is 1.35 bits per heavy atom. The van der Waals surface area contributed by atoms with E-state index in [4.69, 9.17) is 4.74 Å². The van der Waals surface area contributed by atoms with Gasteiger partial charge in [-0.05, 0) is 30.9 Å². The van der Waals surface area contributed by atoms with Crippen molar-refractivity contribution in [1.29, 1.82) is 0 Å². The van der Waals surface area contributed by atoms with Gasteiger partial charge in [0.15, 0.2) is 5.13 Å². The van der Waals surface area contributed by atoms with Crippen molar-refractivity contribution in [3.8, 4) is 0 Å². The maximum atomic E-state index is 6.22. The predicted octanol–water partition coefficient (Wildman–Crippen LogP) is 2.77. The van der Waals surface area contributed by atoms with Crippen molar-refractivity contribution in [1.82, 2.24) is 14.9 Å². The number of aromatic nitrogens is 2. The molecule has 2 aromatic rings. The number of anilines is 1. The van der Waals surface area contributed by atoms with Crippen molar-refractivity contribution >= 4 is 16.5 Å². The molecule has 5 nitrogen and oxygen atoms in total. The molecule has 2 aromatic heterocycles. The highest BCUT2D eigenvalue weighted by atomic mass is 32.1. The zero-order valence-electron chi connectivity index (χ0n) is 13.1. The molecule has 2 aliphatic rings. The highest BCUT2D eigenvalue weighted by molar-refractivity contribution is 7.13. The zero-order valence-corrected chi connectivity index (χ0v) is 14.0. The third-order valence-electron chi connectivity index (χ3n) is 4.87. The quantitative estimate of drug-likeness (QED) is 0.934. The van der Waals surface area contributed by atoms with E-state index in [0.29, 0.717) is 6.04 Å². The number of ether oxygens (including phenoxy) is 1. The van der Waals surface area contributed by atoms with E-state index in [1.807, 2.05) is 30.0 Å². The van der Waals surface area contributed by atoms with Crippen LogP contribution < -0.4 is 5.32 Å². The van der Waals surface area contributed by atoms with Crippen molar-refractivity contribution in [2.24, 2.45) is 0 Å². The Morgan fingerprint density at radius 3 is 3.00 bits per heavy atom. The summed E-state index contributed by atoms with van der Waals surface area (Å²) in [7, 11) is 0. The summed E-state index contributed by atoms with van der Waals surface area (Å²) in [5, 5.41) is 6.51. The molecule has 1 atom stereocenters. The average molecular weight is 330 g/mol. The maximum Gasteiger partial charge on any atom is 0.182 e. The number of thiazole rings is 1. The van der Waals surface area contributed by atoms with Gasteiger partial charge in [0.2, 0.25) is 0 Å². The molecular weight excluding hydrogens is 308 g/mol. The summed E-state index contributed by atoms with van der Waals surface area (Å²) in [6, 6.07) is 4.55. The minimum Gasteiger partial charge on any atom is -0.373 e. The molecule has 0 aliphatic carbocycles. The Kier molecular flexibility index (Phi) is 4.29. The van der Waals surface area contributed by atoms with Gasteiger partial charge in [-0.25, -0.2) is 4.98 Å². The fourth-order valence-electron chi connectivity index (χ4n) is 3.62. The van der Waals surface area contributed by atoms with Gasteiger partial charge in [-0.2, -0.15) is 0 Å². The van der Waals surface area contributed by atoms with Crippen LogP contribution in [0.25, 0.3) is 0 Å². The molecule has 0 saturated carbocycles. The zero-order chi connectivity index (χ0) is 15.5. The smallest absolute Gasteiger partial charge is 0.182 e. The van der Waals surface area contributed by atoms with E-state index in [-0.39, 0.29) is 5.60 Å². The van der Waals surface area contributed by atoms with Gasteiger partial charge in [0.05, 0.1) is 18.2 Å². The summed E-state index contributed by atoms with van der Waals surface area (Å²) < 4.78 is 6.22. The van der Waals surface area contributed by atoms with Crippen molar-refractivity contribution in [2.75, 3.05) is 25.0 Å². The van der Waals surface area contributed by atoms with Crippen LogP contribution in [0.4, 0.5) is 5.13 Å². The molecule has 2 fully saturated rings. The van der Waals surface area contributed by atoms with Gasteiger partial charge in [-0.15, -0.1) is 11.3 Å². The average Bonchev–Trinajstić information content (AvgIpc) is 3.22. The molecule has 1 spiro atoms. The lowest BCUT2D eigenvalue weighted by atomic mass is 9.87. The molecule has 23 heavy (non-hydrogen) atoms. The third-order valence-corrected chi connectivity index (χ3v) is 5.57. The lowest BCUT2D eigenvalue weighted by Gasteiger charge is -2.38. The summed E-state index contributed by atoms with van der Waals surface area (Å²) in [5.41, 5.74) is 1.36. The number of likely N-dealkylation sites (tertiary alicyclic amines) is 1. The topological polar surface area (TPSA) is 50.3 Å². The van der Waals surface area contributed by atoms with Crippen LogP contribution in [0.5, 0.6) is 0 Å². The molecule has 0 bridgehead atoms. The predicted molar refractivity (Wildman–Crippen MR) is 91.6 cm³/mol. The molecule has 2 saturated heterocycles. The molecule has 4 heterocycles. The molecule has 0 amide bonds. The molecule has 1 N–H and O–H groups in total. The van der Waals surface area contributed by atoms with Gasteiger partial charge in [0.25, 0.3) is 0 Å². The number of pyridine rings is 1. The van der Waals surface area contributed by atoms with E-state index in [1.54, 1.807) is 11.3 Å². The van der Waals surface area contributed by atoms with Crippen molar-refractivity contribution in [3.05, 3.63) is 41.7 Å². The summed E-state index contributed by atoms with van der Waals surface area (Å²) in [5.74, 6) is 0. The van der Waals surface area contributed by atoms with Crippen LogP contribution in [0.2, 0.25) is 0 Å². The van der Waals surface area contributed by atoms with Gasteiger partial charge in [-0.3, -0.25) is 9.88 Å². The van der Waals surface area contributed by atoms with E-state index < -0.39 is 0 Å². The molecule has 122 valence electrons. The normalized spacial score (nSPS) is 24.1. The number of nitrogens with zero attached hydrogens (tertiary/aromatic N) is 3. The summed E-state index contributed by atoms with van der Waals surface area (Å²) in [6.45, 7) is 3.98. The maximum absolute atomic E-state index is 6.22. The molecule has 4 rings (SSSR count). The first-order chi connectivity index (χ1) is 11.3. The van der Waals surface area contributed by atoms with Crippen molar-refractivity contribution in [2.45, 2.75) is 37.5 Å². The van der Waals surface area contributed by atoms with Crippen LogP contribution in [0, 0.1) is 0 Å². The lowest BCUT2D eigenvalue weighted by Crippen LogP contribution is -2.44. The van der Waals surface area contributed by atoms with E-state index in [2.05, 4.69) is 26.3 Å². The van der Waals surface area contributed by atoms with Crippen LogP contribution in [0.1, 0.15) is 24.8 Å². The Bertz CT molecular complexity index is 611. The number of hydrogen-bond acceptors (Lipinski definition) is 6. The number of hydrogen-bond donors (Lipinski definition) is 1. The second-order valence-corrected chi connectivity index (χ2v) is 7.41. The van der Waals surface area contributed by atoms with Gasteiger partial charge in [-0.1, -0.05) is 6.07 Å². The Hall–Kier alpha value is -1.50. The van der Waals surface area contributed by atoms with Crippen LogP contribution in [-0.2, 0) is 11.3 Å². The van der Waals surface area contributed by atoms with E-state index in [9.17, 15) is 0 Å². The highest BCUT2D eigenvalue weighted by Crippen LogP contribution is 2.37. The van der Waals surface area contributed by atoms with E-state index in [1.165, 1.54) is 5.56 Å². The summed E-state index contributed by atoms with van der Waals surface area (Å²) >= 11 is 1.65. The van der Waals surface area contributed by atoms with Gasteiger partial charge in [0, 0.05) is 43.6 Å². The van der Waals surface area contributed by atoms with Crippen LogP contribution in [0.15, 0.2) is 36.1 Å². The van der Waals surface area contributed by atoms with Crippen molar-refractivity contribution in [3.63, 3.8) is 0 Å².